The normalized spacial score (nSPS) is 26.2. The largest absolute Gasteiger partial charge is 0.486 e. The number of para-hydroxylation sites is 1. The fourth-order valence-corrected chi connectivity index (χ4v) is 4.11. The van der Waals surface area contributed by atoms with Crippen LogP contribution in [0.2, 0.25) is 0 Å². The van der Waals surface area contributed by atoms with E-state index in [9.17, 15) is 4.79 Å². The third-order valence-corrected chi connectivity index (χ3v) is 5.65. The molecule has 2 amide bonds. The molecule has 5 rings (SSSR count). The molecule has 31 heavy (non-hydrogen) atoms. The Hall–Kier alpha value is -3.04. The summed E-state index contributed by atoms with van der Waals surface area (Å²) in [5.74, 6) is 2.10. The molecule has 4 heterocycles. The molecule has 0 unspecified atom stereocenters. The highest BCUT2D eigenvalue weighted by Gasteiger charge is 2.49. The van der Waals surface area contributed by atoms with Crippen LogP contribution >= 0.6 is 0 Å². The number of pyridine rings is 1. The Bertz CT molecular complexity index is 955. The minimum Gasteiger partial charge on any atom is -0.486 e. The molecule has 1 aromatic heterocycles. The van der Waals surface area contributed by atoms with Gasteiger partial charge in [0.15, 0.2) is 17.6 Å². The van der Waals surface area contributed by atoms with Gasteiger partial charge >= 0.3 is 6.03 Å². The summed E-state index contributed by atoms with van der Waals surface area (Å²) in [7, 11) is 0. The summed E-state index contributed by atoms with van der Waals surface area (Å²) in [5.41, 5.74) is 1.68. The molecule has 9 nitrogen and oxygen atoms in total. The number of hydrogen-bond donors (Lipinski definition) is 2. The highest BCUT2D eigenvalue weighted by Crippen LogP contribution is 2.33. The van der Waals surface area contributed by atoms with Crippen LogP contribution in [0.15, 0.2) is 36.5 Å². The fourth-order valence-electron chi connectivity index (χ4n) is 4.11. The zero-order valence-corrected chi connectivity index (χ0v) is 17.2. The van der Waals surface area contributed by atoms with Crippen LogP contribution in [0.1, 0.15) is 11.3 Å². The SMILES string of the molecule is Cc1ncccc1O[C@H]1CO[C@H]2[C@@H]1OC[C@@H]2NC(=O)NCc1cccc2c1OCCO2. The topological polar surface area (TPSA) is 100 Å². The number of aromatic nitrogens is 1. The number of nitrogens with one attached hydrogen (secondary N) is 2. The highest BCUT2D eigenvalue weighted by atomic mass is 16.6. The van der Waals surface area contributed by atoms with Crippen molar-refractivity contribution >= 4 is 6.03 Å². The van der Waals surface area contributed by atoms with E-state index in [0.717, 1.165) is 11.3 Å². The minimum atomic E-state index is -0.292. The number of benzene rings is 1. The number of carbonyl (C=O) groups excluding carboxylic acids is 1. The summed E-state index contributed by atoms with van der Waals surface area (Å²) in [5, 5.41) is 5.83. The number of hydrogen-bond acceptors (Lipinski definition) is 7. The summed E-state index contributed by atoms with van der Waals surface area (Å²) in [6, 6.07) is 8.82. The standard InChI is InChI=1S/C22H25N3O6/c1-13-16(6-3-7-23-13)31-18-12-30-20-15(11-29-21(18)20)25-22(26)24-10-14-4-2-5-17-19(14)28-9-8-27-17/h2-7,15,18,20-21H,8-12H2,1H3,(H2,24,25,26)/t15-,18-,20+,21+/m0/s1. The third kappa shape index (κ3) is 4.11. The Morgan fingerprint density at radius 3 is 2.90 bits per heavy atom. The van der Waals surface area contributed by atoms with Crippen LogP contribution in [0.5, 0.6) is 17.2 Å². The van der Waals surface area contributed by atoms with Crippen LogP contribution < -0.4 is 24.8 Å². The van der Waals surface area contributed by atoms with Crippen molar-refractivity contribution in [2.45, 2.75) is 37.8 Å². The molecule has 9 heteroatoms. The molecule has 0 bridgehead atoms. The van der Waals surface area contributed by atoms with Crippen molar-refractivity contribution in [3.63, 3.8) is 0 Å². The lowest BCUT2D eigenvalue weighted by atomic mass is 10.1. The molecule has 0 aliphatic carbocycles. The van der Waals surface area contributed by atoms with Crippen LogP contribution in [0.25, 0.3) is 0 Å². The van der Waals surface area contributed by atoms with Crippen molar-refractivity contribution in [2.75, 3.05) is 26.4 Å². The molecule has 2 fully saturated rings. The zero-order valence-electron chi connectivity index (χ0n) is 17.2. The van der Waals surface area contributed by atoms with E-state index in [0.29, 0.717) is 50.2 Å². The second-order valence-corrected chi connectivity index (χ2v) is 7.71. The minimum absolute atomic E-state index is 0.239. The summed E-state index contributed by atoms with van der Waals surface area (Å²) >= 11 is 0. The van der Waals surface area contributed by atoms with Gasteiger partial charge in [0.25, 0.3) is 0 Å². The maximum Gasteiger partial charge on any atom is 0.315 e. The van der Waals surface area contributed by atoms with Gasteiger partial charge in [-0.25, -0.2) is 4.79 Å². The molecular weight excluding hydrogens is 402 g/mol. The Labute approximate surface area is 180 Å². The number of amides is 2. The molecule has 1 aromatic carbocycles. The Morgan fingerprint density at radius 1 is 1.13 bits per heavy atom. The van der Waals surface area contributed by atoms with Gasteiger partial charge in [-0.2, -0.15) is 0 Å². The van der Waals surface area contributed by atoms with Gasteiger partial charge in [0, 0.05) is 18.3 Å². The number of carbonyl (C=O) groups is 1. The van der Waals surface area contributed by atoms with Gasteiger partial charge < -0.3 is 34.3 Å². The average Bonchev–Trinajstić information content (AvgIpc) is 3.37. The van der Waals surface area contributed by atoms with Gasteiger partial charge in [0.2, 0.25) is 0 Å². The van der Waals surface area contributed by atoms with Crippen molar-refractivity contribution in [1.82, 2.24) is 15.6 Å². The van der Waals surface area contributed by atoms with E-state index in [1.807, 2.05) is 37.3 Å². The van der Waals surface area contributed by atoms with Gasteiger partial charge in [0.05, 0.1) is 24.9 Å². The van der Waals surface area contributed by atoms with Crippen molar-refractivity contribution in [3.05, 3.63) is 47.8 Å². The predicted molar refractivity (Wildman–Crippen MR) is 109 cm³/mol. The number of rotatable bonds is 5. The van der Waals surface area contributed by atoms with E-state index in [1.165, 1.54) is 0 Å². The first-order valence-corrected chi connectivity index (χ1v) is 10.4. The lowest BCUT2D eigenvalue weighted by molar-refractivity contribution is 0.0299. The Kier molecular flexibility index (Phi) is 5.52. The molecule has 4 atom stereocenters. The van der Waals surface area contributed by atoms with Gasteiger partial charge in [0.1, 0.15) is 31.2 Å². The third-order valence-electron chi connectivity index (χ3n) is 5.65. The van der Waals surface area contributed by atoms with Gasteiger partial charge in [-0.15, -0.1) is 0 Å². The summed E-state index contributed by atoms with van der Waals surface area (Å²) in [6.45, 7) is 4.02. The van der Waals surface area contributed by atoms with Gasteiger partial charge in [-0.3, -0.25) is 4.98 Å². The number of nitrogens with zero attached hydrogens (tertiary/aromatic N) is 1. The maximum absolute atomic E-state index is 12.5. The van der Waals surface area contributed by atoms with E-state index in [4.69, 9.17) is 23.7 Å². The monoisotopic (exact) mass is 427 g/mol. The number of urea groups is 1. The van der Waals surface area contributed by atoms with Crippen LogP contribution in [-0.2, 0) is 16.0 Å². The van der Waals surface area contributed by atoms with Crippen molar-refractivity contribution < 1.29 is 28.5 Å². The maximum atomic E-state index is 12.5. The van der Waals surface area contributed by atoms with Crippen molar-refractivity contribution in [1.29, 1.82) is 0 Å². The average molecular weight is 427 g/mol. The molecule has 2 aromatic rings. The molecule has 3 aliphatic rings. The first kappa shape index (κ1) is 19.9. The zero-order chi connectivity index (χ0) is 21.2. The lowest BCUT2D eigenvalue weighted by Gasteiger charge is -2.21. The fraction of sp³-hybridized carbons (Fsp3) is 0.455. The molecule has 0 radical (unpaired) electrons. The molecule has 3 aliphatic heterocycles. The van der Waals surface area contributed by atoms with E-state index < -0.39 is 0 Å². The smallest absolute Gasteiger partial charge is 0.315 e. The van der Waals surface area contributed by atoms with Gasteiger partial charge in [-0.1, -0.05) is 12.1 Å². The Morgan fingerprint density at radius 2 is 2.00 bits per heavy atom. The number of aryl methyl sites for hydroxylation is 1. The van der Waals surface area contributed by atoms with E-state index in [2.05, 4.69) is 15.6 Å². The van der Waals surface area contributed by atoms with Crippen LogP contribution in [0, 0.1) is 6.92 Å². The second-order valence-electron chi connectivity index (χ2n) is 7.71. The Balaban J connectivity index is 1.15. The number of ether oxygens (including phenoxy) is 5. The first-order chi connectivity index (χ1) is 15.2. The first-order valence-electron chi connectivity index (χ1n) is 10.4. The van der Waals surface area contributed by atoms with Crippen LogP contribution in [0.4, 0.5) is 4.79 Å². The summed E-state index contributed by atoms with van der Waals surface area (Å²) < 4.78 is 29.1. The van der Waals surface area contributed by atoms with E-state index in [-0.39, 0.29) is 30.4 Å². The molecular formula is C22H25N3O6. The predicted octanol–water partition coefficient (Wildman–Crippen LogP) is 1.57. The molecule has 2 N–H and O–H groups in total. The molecule has 164 valence electrons. The lowest BCUT2D eigenvalue weighted by Crippen LogP contribution is -2.48. The molecule has 2 saturated heterocycles. The van der Waals surface area contributed by atoms with E-state index in [1.54, 1.807) is 6.20 Å². The summed E-state index contributed by atoms with van der Waals surface area (Å²) in [6.07, 6.45) is 0.992. The van der Waals surface area contributed by atoms with Crippen LogP contribution in [0.3, 0.4) is 0 Å². The van der Waals surface area contributed by atoms with Crippen molar-refractivity contribution in [3.8, 4) is 17.2 Å². The van der Waals surface area contributed by atoms with Crippen molar-refractivity contribution in [2.24, 2.45) is 0 Å². The quantitative estimate of drug-likeness (QED) is 0.747. The van der Waals surface area contributed by atoms with E-state index >= 15 is 0 Å². The summed E-state index contributed by atoms with van der Waals surface area (Å²) in [4.78, 5) is 16.7. The highest BCUT2D eigenvalue weighted by molar-refractivity contribution is 5.74. The van der Waals surface area contributed by atoms with Gasteiger partial charge in [-0.05, 0) is 25.1 Å². The number of fused-ring (bicyclic) bond motifs is 2. The molecule has 0 spiro atoms. The molecule has 0 saturated carbocycles. The second kappa shape index (κ2) is 8.60. The van der Waals surface area contributed by atoms with Crippen LogP contribution in [-0.4, -0.2) is 61.8 Å².